The van der Waals surface area contributed by atoms with Crippen molar-refractivity contribution in [2.24, 2.45) is 0 Å². The highest BCUT2D eigenvalue weighted by Crippen LogP contribution is 2.34. The molecular formula is C23H30N6O. The predicted molar refractivity (Wildman–Crippen MR) is 119 cm³/mol. The molecule has 2 aromatic heterocycles. The maximum absolute atomic E-state index is 13.2. The molecule has 30 heavy (non-hydrogen) atoms. The topological polar surface area (TPSA) is 78.8 Å². The van der Waals surface area contributed by atoms with Crippen molar-refractivity contribution in [3.63, 3.8) is 0 Å². The number of hydrogen-bond acceptors (Lipinski definition) is 3. The Morgan fingerprint density at radius 3 is 2.60 bits per heavy atom. The average Bonchev–Trinajstić information content (AvgIpc) is 3.42. The van der Waals surface area contributed by atoms with Gasteiger partial charge in [0.2, 0.25) is 0 Å². The number of H-pyrrole nitrogens is 1. The van der Waals surface area contributed by atoms with Crippen LogP contribution in [0.3, 0.4) is 0 Å². The predicted octanol–water partition coefficient (Wildman–Crippen LogP) is 5.15. The Bertz CT molecular complexity index is 1050. The number of amides is 2. The summed E-state index contributed by atoms with van der Waals surface area (Å²) < 4.78 is 1.95. The third-order valence-corrected chi connectivity index (χ3v) is 5.83. The van der Waals surface area contributed by atoms with Gasteiger partial charge >= 0.3 is 6.03 Å². The van der Waals surface area contributed by atoms with Crippen molar-refractivity contribution in [3.8, 4) is 11.3 Å². The first-order chi connectivity index (χ1) is 14.4. The van der Waals surface area contributed by atoms with Crippen molar-refractivity contribution in [2.45, 2.75) is 59.5 Å². The fourth-order valence-electron chi connectivity index (χ4n) is 4.34. The summed E-state index contributed by atoms with van der Waals surface area (Å²) in [5.74, 6) is 0.852. The van der Waals surface area contributed by atoms with Crippen LogP contribution in [-0.2, 0) is 0 Å². The zero-order chi connectivity index (χ0) is 21.4. The minimum atomic E-state index is -0.0951. The minimum absolute atomic E-state index is 0.0538. The van der Waals surface area contributed by atoms with Crippen molar-refractivity contribution >= 4 is 11.7 Å². The van der Waals surface area contributed by atoms with E-state index < -0.39 is 0 Å². The van der Waals surface area contributed by atoms with Crippen LogP contribution in [0.1, 0.15) is 61.7 Å². The summed E-state index contributed by atoms with van der Waals surface area (Å²) >= 11 is 0. The number of nitrogens with zero attached hydrogens (tertiary/aromatic N) is 4. The molecule has 0 saturated carbocycles. The lowest BCUT2D eigenvalue weighted by molar-refractivity contribution is 0.205. The molecule has 1 unspecified atom stereocenters. The van der Waals surface area contributed by atoms with E-state index in [-0.39, 0.29) is 18.1 Å². The Hall–Kier alpha value is -3.09. The average molecular weight is 407 g/mol. The zero-order valence-electron chi connectivity index (χ0n) is 18.4. The van der Waals surface area contributed by atoms with E-state index in [1.165, 1.54) is 0 Å². The third kappa shape index (κ3) is 3.60. The van der Waals surface area contributed by atoms with E-state index >= 15 is 0 Å². The lowest BCUT2D eigenvalue weighted by atomic mass is 10.1. The molecule has 1 aliphatic rings. The molecule has 0 bridgehead atoms. The highest BCUT2D eigenvalue weighted by atomic mass is 16.2. The monoisotopic (exact) mass is 406 g/mol. The van der Waals surface area contributed by atoms with E-state index in [0.29, 0.717) is 6.54 Å². The van der Waals surface area contributed by atoms with Gasteiger partial charge in [0.05, 0.1) is 28.8 Å². The molecule has 1 saturated heterocycles. The first-order valence-corrected chi connectivity index (χ1v) is 10.6. The molecular weight excluding hydrogens is 376 g/mol. The van der Waals surface area contributed by atoms with Gasteiger partial charge in [-0.25, -0.2) is 9.78 Å². The number of hydrogen-bond donors (Lipinski definition) is 2. The number of rotatable bonds is 4. The molecule has 0 radical (unpaired) electrons. The van der Waals surface area contributed by atoms with E-state index in [4.69, 9.17) is 4.98 Å². The second-order valence-corrected chi connectivity index (χ2v) is 8.33. The lowest BCUT2D eigenvalue weighted by Crippen LogP contribution is -2.35. The van der Waals surface area contributed by atoms with Crippen LogP contribution in [0.15, 0.2) is 30.3 Å². The molecule has 1 aromatic carbocycles. The van der Waals surface area contributed by atoms with Gasteiger partial charge in [-0.1, -0.05) is 30.3 Å². The van der Waals surface area contributed by atoms with Crippen molar-refractivity contribution in [2.75, 3.05) is 11.9 Å². The van der Waals surface area contributed by atoms with Gasteiger partial charge in [-0.2, -0.15) is 5.10 Å². The first kappa shape index (κ1) is 20.2. The number of carbonyl (C=O) groups is 1. The number of nitrogens with one attached hydrogen (secondary N) is 2. The number of likely N-dealkylation sites (tertiary alicyclic amines) is 1. The molecule has 0 aliphatic carbocycles. The summed E-state index contributed by atoms with van der Waals surface area (Å²) in [6, 6.07) is 10.2. The zero-order valence-corrected chi connectivity index (χ0v) is 18.4. The molecule has 0 spiro atoms. The van der Waals surface area contributed by atoms with Gasteiger partial charge in [0.1, 0.15) is 5.82 Å². The SMILES string of the molecule is Cc1nn(C(C)C)c(C)c1NC(=O)N1CCCC1c1nc(-c2ccccc2)c(C)[nH]1. The summed E-state index contributed by atoms with van der Waals surface area (Å²) in [7, 11) is 0. The lowest BCUT2D eigenvalue weighted by Gasteiger charge is -2.23. The summed E-state index contributed by atoms with van der Waals surface area (Å²) in [6.07, 6.45) is 1.86. The van der Waals surface area contributed by atoms with Crippen molar-refractivity contribution in [1.82, 2.24) is 24.6 Å². The van der Waals surface area contributed by atoms with E-state index in [1.807, 2.05) is 48.6 Å². The van der Waals surface area contributed by atoms with Crippen LogP contribution in [0.4, 0.5) is 10.5 Å². The van der Waals surface area contributed by atoms with Crippen molar-refractivity contribution < 1.29 is 4.79 Å². The van der Waals surface area contributed by atoms with Gasteiger partial charge in [0, 0.05) is 23.8 Å². The van der Waals surface area contributed by atoms with Gasteiger partial charge in [0.25, 0.3) is 0 Å². The normalized spacial score (nSPS) is 16.5. The van der Waals surface area contributed by atoms with Gasteiger partial charge in [-0.3, -0.25) is 4.68 Å². The molecule has 1 atom stereocenters. The van der Waals surface area contributed by atoms with Crippen LogP contribution in [0.2, 0.25) is 0 Å². The van der Waals surface area contributed by atoms with E-state index in [9.17, 15) is 4.79 Å². The Kier molecular flexibility index (Phi) is 5.37. The van der Waals surface area contributed by atoms with Gasteiger partial charge in [-0.05, 0) is 47.5 Å². The fourth-order valence-corrected chi connectivity index (χ4v) is 4.34. The molecule has 7 heteroatoms. The maximum Gasteiger partial charge on any atom is 0.322 e. The maximum atomic E-state index is 13.2. The van der Waals surface area contributed by atoms with Crippen LogP contribution in [0.25, 0.3) is 11.3 Å². The molecule has 2 amide bonds. The van der Waals surface area contributed by atoms with Crippen LogP contribution >= 0.6 is 0 Å². The van der Waals surface area contributed by atoms with Gasteiger partial charge in [0.15, 0.2) is 0 Å². The number of urea groups is 1. The number of aryl methyl sites for hydroxylation is 2. The van der Waals surface area contributed by atoms with Crippen LogP contribution < -0.4 is 5.32 Å². The molecule has 3 heterocycles. The molecule has 7 nitrogen and oxygen atoms in total. The minimum Gasteiger partial charge on any atom is -0.344 e. The number of aromatic nitrogens is 4. The Morgan fingerprint density at radius 2 is 1.93 bits per heavy atom. The number of anilines is 1. The van der Waals surface area contributed by atoms with Gasteiger partial charge in [-0.15, -0.1) is 0 Å². The number of imidazole rings is 1. The smallest absolute Gasteiger partial charge is 0.322 e. The molecule has 2 N–H and O–H groups in total. The van der Waals surface area contributed by atoms with Crippen LogP contribution in [0, 0.1) is 20.8 Å². The summed E-state index contributed by atoms with van der Waals surface area (Å²) in [6.45, 7) is 10.9. The van der Waals surface area contributed by atoms with E-state index in [2.05, 4.69) is 41.4 Å². The molecule has 4 rings (SSSR count). The quantitative estimate of drug-likeness (QED) is 0.629. The van der Waals surface area contributed by atoms with E-state index in [1.54, 1.807) is 0 Å². The van der Waals surface area contributed by atoms with Gasteiger partial charge < -0.3 is 15.2 Å². The molecule has 3 aromatic rings. The third-order valence-electron chi connectivity index (χ3n) is 5.83. The Balaban J connectivity index is 1.57. The Morgan fingerprint density at radius 1 is 1.20 bits per heavy atom. The summed E-state index contributed by atoms with van der Waals surface area (Å²) in [5.41, 5.74) is 5.67. The number of aromatic amines is 1. The first-order valence-electron chi connectivity index (χ1n) is 10.6. The molecule has 158 valence electrons. The number of benzene rings is 1. The number of carbonyl (C=O) groups excluding carboxylic acids is 1. The van der Waals surface area contributed by atoms with Crippen molar-refractivity contribution in [3.05, 3.63) is 53.2 Å². The van der Waals surface area contributed by atoms with Crippen molar-refractivity contribution in [1.29, 1.82) is 0 Å². The van der Waals surface area contributed by atoms with Crippen LogP contribution in [0.5, 0.6) is 0 Å². The second-order valence-electron chi connectivity index (χ2n) is 8.33. The fraction of sp³-hybridized carbons (Fsp3) is 0.435. The standard InChI is InChI=1S/C23H30N6O/c1-14(2)29-17(5)20(16(4)27-29)26-23(30)28-13-9-12-19(28)22-24-15(3)21(25-22)18-10-7-6-8-11-18/h6-8,10-11,14,19H,9,12-13H2,1-5H3,(H,24,25)(H,26,30). The summed E-state index contributed by atoms with van der Waals surface area (Å²) in [4.78, 5) is 23.4. The van der Waals surface area contributed by atoms with Crippen LogP contribution in [-0.4, -0.2) is 37.2 Å². The van der Waals surface area contributed by atoms with E-state index in [0.717, 1.165) is 52.7 Å². The highest BCUT2D eigenvalue weighted by Gasteiger charge is 2.33. The summed E-state index contributed by atoms with van der Waals surface area (Å²) in [5, 5.41) is 7.69. The molecule has 1 fully saturated rings. The molecule has 1 aliphatic heterocycles. The highest BCUT2D eigenvalue weighted by molar-refractivity contribution is 5.91. The second kappa shape index (κ2) is 7.97. The Labute approximate surface area is 177 Å². The largest absolute Gasteiger partial charge is 0.344 e.